The lowest BCUT2D eigenvalue weighted by Crippen LogP contribution is -2.30. The van der Waals surface area contributed by atoms with E-state index < -0.39 is 16.1 Å². The number of methoxy groups -OCH3 is 1. The molecule has 0 aliphatic rings. The Hall–Kier alpha value is -1.42. The molecule has 0 heterocycles. The third kappa shape index (κ3) is 4.84. The van der Waals surface area contributed by atoms with E-state index in [2.05, 4.69) is 4.72 Å². The monoisotopic (exact) mass is 268 g/mol. The van der Waals surface area contributed by atoms with Crippen molar-refractivity contribution in [2.45, 2.75) is 12.5 Å². The summed E-state index contributed by atoms with van der Waals surface area (Å²) in [5, 5.41) is 9.01. The zero-order valence-electron chi connectivity index (χ0n) is 10.2. The quantitative estimate of drug-likeness (QED) is 0.754. The number of hydrogen-bond donors (Lipinski definition) is 1. The molecule has 1 N–H and O–H groups in total. The summed E-state index contributed by atoms with van der Waals surface area (Å²) < 4.78 is 30.6. The van der Waals surface area contributed by atoms with Gasteiger partial charge in [-0.3, -0.25) is 0 Å². The first-order chi connectivity index (χ1) is 8.59. The predicted octanol–water partition coefficient (Wildman–Crippen LogP) is 1.21. The highest BCUT2D eigenvalue weighted by Gasteiger charge is 2.18. The minimum atomic E-state index is -3.47. The van der Waals surface area contributed by atoms with Crippen LogP contribution in [0.15, 0.2) is 30.3 Å². The smallest absolute Gasteiger partial charge is 0.213 e. The maximum atomic E-state index is 11.7. The molecule has 0 saturated heterocycles. The summed E-state index contributed by atoms with van der Waals surface area (Å²) in [6, 6.07) is 9.86. The molecule has 0 aromatic heterocycles. The SMILES string of the molecule is COCCCS(=O)(=O)NC(C#N)c1ccccc1. The summed E-state index contributed by atoms with van der Waals surface area (Å²) in [6.45, 7) is 0.378. The van der Waals surface area contributed by atoms with Gasteiger partial charge in [-0.2, -0.15) is 9.98 Å². The molecule has 0 aliphatic carbocycles. The zero-order chi connectivity index (χ0) is 13.4. The highest BCUT2D eigenvalue weighted by molar-refractivity contribution is 7.89. The molecule has 1 aromatic carbocycles. The number of rotatable bonds is 7. The van der Waals surface area contributed by atoms with Crippen molar-refractivity contribution in [2.24, 2.45) is 0 Å². The second-order valence-electron chi connectivity index (χ2n) is 3.76. The number of nitrogens with one attached hydrogen (secondary N) is 1. The van der Waals surface area contributed by atoms with Gasteiger partial charge in [0.2, 0.25) is 10.0 Å². The van der Waals surface area contributed by atoms with Gasteiger partial charge < -0.3 is 4.74 Å². The maximum Gasteiger partial charge on any atom is 0.213 e. The lowest BCUT2D eigenvalue weighted by molar-refractivity contribution is 0.199. The summed E-state index contributed by atoms with van der Waals surface area (Å²) >= 11 is 0. The molecule has 0 aliphatic heterocycles. The predicted molar refractivity (Wildman–Crippen MR) is 68.2 cm³/mol. The fourth-order valence-electron chi connectivity index (χ4n) is 1.45. The first-order valence-corrected chi connectivity index (χ1v) is 7.18. The summed E-state index contributed by atoms with van der Waals surface area (Å²) in [5.74, 6) is -0.0497. The minimum Gasteiger partial charge on any atom is -0.385 e. The molecule has 0 fully saturated rings. The van der Waals surface area contributed by atoms with E-state index in [1.54, 1.807) is 24.3 Å². The second-order valence-corrected chi connectivity index (χ2v) is 5.63. The Bertz CT molecular complexity index is 494. The molecular formula is C12H16N2O3S. The normalized spacial score (nSPS) is 12.9. The molecule has 1 rings (SSSR count). The van der Waals surface area contributed by atoms with Crippen LogP contribution in [-0.4, -0.2) is 27.9 Å². The molecule has 6 heteroatoms. The Balaban J connectivity index is 2.67. The molecule has 1 unspecified atom stereocenters. The Morgan fingerprint density at radius 3 is 2.61 bits per heavy atom. The van der Waals surface area contributed by atoms with Crippen molar-refractivity contribution in [3.8, 4) is 6.07 Å². The fraction of sp³-hybridized carbons (Fsp3) is 0.417. The summed E-state index contributed by atoms with van der Waals surface area (Å²) in [6.07, 6.45) is 0.402. The standard InChI is InChI=1S/C12H16N2O3S/c1-17-8-5-9-18(15,16)14-12(10-13)11-6-3-2-4-7-11/h2-4,6-7,12,14H,5,8-9H2,1H3. The van der Waals surface area contributed by atoms with Crippen molar-refractivity contribution < 1.29 is 13.2 Å². The van der Waals surface area contributed by atoms with Crippen molar-refractivity contribution >= 4 is 10.0 Å². The van der Waals surface area contributed by atoms with Gasteiger partial charge in [0, 0.05) is 13.7 Å². The number of hydrogen-bond acceptors (Lipinski definition) is 4. The summed E-state index contributed by atoms with van der Waals surface area (Å²) in [4.78, 5) is 0. The second kappa shape index (κ2) is 7.11. The fourth-order valence-corrected chi connectivity index (χ4v) is 2.61. The van der Waals surface area contributed by atoms with Gasteiger partial charge in [0.25, 0.3) is 0 Å². The summed E-state index contributed by atoms with van der Waals surface area (Å²) in [7, 11) is -1.95. The van der Waals surface area contributed by atoms with Gasteiger partial charge >= 0.3 is 0 Å². The van der Waals surface area contributed by atoms with Crippen LogP contribution in [0.25, 0.3) is 0 Å². The Morgan fingerprint density at radius 1 is 1.39 bits per heavy atom. The molecule has 18 heavy (non-hydrogen) atoms. The van der Waals surface area contributed by atoms with Crippen molar-refractivity contribution in [3.05, 3.63) is 35.9 Å². The maximum absolute atomic E-state index is 11.7. The lowest BCUT2D eigenvalue weighted by Gasteiger charge is -2.12. The molecule has 5 nitrogen and oxygen atoms in total. The van der Waals surface area contributed by atoms with E-state index in [0.717, 1.165) is 0 Å². The highest BCUT2D eigenvalue weighted by atomic mass is 32.2. The van der Waals surface area contributed by atoms with Gasteiger partial charge in [0.1, 0.15) is 6.04 Å². The minimum absolute atomic E-state index is 0.0497. The number of nitrogens with zero attached hydrogens (tertiary/aromatic N) is 1. The van der Waals surface area contributed by atoms with Crippen molar-refractivity contribution in [3.63, 3.8) is 0 Å². The van der Waals surface area contributed by atoms with Gasteiger partial charge in [-0.05, 0) is 12.0 Å². The average Bonchev–Trinajstić information content (AvgIpc) is 2.37. The van der Waals surface area contributed by atoms with Gasteiger partial charge in [-0.15, -0.1) is 0 Å². The number of benzene rings is 1. The molecule has 0 saturated carbocycles. The van der Waals surface area contributed by atoms with E-state index in [1.165, 1.54) is 7.11 Å². The van der Waals surface area contributed by atoms with E-state index in [0.29, 0.717) is 18.6 Å². The van der Waals surface area contributed by atoms with E-state index in [4.69, 9.17) is 10.00 Å². The van der Waals surface area contributed by atoms with E-state index >= 15 is 0 Å². The van der Waals surface area contributed by atoms with Crippen LogP contribution in [0, 0.1) is 11.3 Å². The topological polar surface area (TPSA) is 79.2 Å². The van der Waals surface area contributed by atoms with Crippen LogP contribution < -0.4 is 4.72 Å². The molecule has 1 atom stereocenters. The number of nitriles is 1. The van der Waals surface area contributed by atoms with Crippen LogP contribution in [0.5, 0.6) is 0 Å². The number of ether oxygens (including phenoxy) is 1. The van der Waals surface area contributed by atoms with E-state index in [9.17, 15) is 8.42 Å². The van der Waals surface area contributed by atoms with E-state index in [1.807, 2.05) is 12.1 Å². The molecule has 0 bridgehead atoms. The summed E-state index contributed by atoms with van der Waals surface area (Å²) in [5.41, 5.74) is 0.635. The largest absolute Gasteiger partial charge is 0.385 e. The molecule has 0 spiro atoms. The average molecular weight is 268 g/mol. The van der Waals surface area contributed by atoms with Gasteiger partial charge in [0.15, 0.2) is 0 Å². The molecule has 0 amide bonds. The van der Waals surface area contributed by atoms with Crippen molar-refractivity contribution in [2.75, 3.05) is 19.5 Å². The molecule has 1 aromatic rings. The molecular weight excluding hydrogens is 252 g/mol. The lowest BCUT2D eigenvalue weighted by atomic mass is 10.1. The van der Waals surface area contributed by atoms with Gasteiger partial charge in [-0.25, -0.2) is 8.42 Å². The van der Waals surface area contributed by atoms with Crippen LogP contribution in [0.2, 0.25) is 0 Å². The molecule has 0 radical (unpaired) electrons. The van der Waals surface area contributed by atoms with Gasteiger partial charge in [0.05, 0.1) is 11.8 Å². The van der Waals surface area contributed by atoms with Crippen LogP contribution in [0.1, 0.15) is 18.0 Å². The Morgan fingerprint density at radius 2 is 2.06 bits per heavy atom. The molecule has 98 valence electrons. The Labute approximate surface area is 107 Å². The zero-order valence-corrected chi connectivity index (χ0v) is 11.0. The highest BCUT2D eigenvalue weighted by Crippen LogP contribution is 2.12. The van der Waals surface area contributed by atoms with Gasteiger partial charge in [-0.1, -0.05) is 30.3 Å². The van der Waals surface area contributed by atoms with Crippen LogP contribution in [0.3, 0.4) is 0 Å². The Kier molecular flexibility index (Phi) is 5.78. The van der Waals surface area contributed by atoms with Crippen molar-refractivity contribution in [1.29, 1.82) is 5.26 Å². The first kappa shape index (κ1) is 14.6. The van der Waals surface area contributed by atoms with Crippen LogP contribution in [0.4, 0.5) is 0 Å². The third-order valence-electron chi connectivity index (χ3n) is 2.32. The van der Waals surface area contributed by atoms with Crippen LogP contribution >= 0.6 is 0 Å². The van der Waals surface area contributed by atoms with Crippen molar-refractivity contribution in [1.82, 2.24) is 4.72 Å². The number of sulfonamides is 1. The van der Waals surface area contributed by atoms with Crippen LogP contribution in [-0.2, 0) is 14.8 Å². The van der Waals surface area contributed by atoms with E-state index in [-0.39, 0.29) is 5.75 Å². The third-order valence-corrected chi connectivity index (χ3v) is 3.74. The first-order valence-electron chi connectivity index (χ1n) is 5.52.